The third-order valence-electron chi connectivity index (χ3n) is 3.64. The van der Waals surface area contributed by atoms with Crippen molar-refractivity contribution in [1.82, 2.24) is 4.98 Å². The summed E-state index contributed by atoms with van der Waals surface area (Å²) in [5, 5.41) is 18.9. The Labute approximate surface area is 123 Å². The van der Waals surface area contributed by atoms with E-state index in [1.807, 2.05) is 60.7 Å². The van der Waals surface area contributed by atoms with Crippen LogP contribution in [0, 0.1) is 0 Å². The van der Waals surface area contributed by atoms with Crippen LogP contribution in [-0.4, -0.2) is 15.2 Å². The fourth-order valence-corrected chi connectivity index (χ4v) is 2.55. The molecule has 3 N–H and O–H groups in total. The molecule has 3 heteroatoms. The molecule has 0 spiro atoms. The molecular formula is C18H17NO2. The molecule has 0 atom stereocenters. The third kappa shape index (κ3) is 2.61. The number of H-pyrrole nitrogens is 1. The molecular weight excluding hydrogens is 262 g/mol. The molecule has 3 aromatic rings. The molecule has 0 aliphatic rings. The predicted molar refractivity (Wildman–Crippen MR) is 83.5 cm³/mol. The summed E-state index contributed by atoms with van der Waals surface area (Å²) >= 11 is 0. The Hall–Kier alpha value is -2.36. The van der Waals surface area contributed by atoms with Crippen molar-refractivity contribution in [3.63, 3.8) is 0 Å². The van der Waals surface area contributed by atoms with Gasteiger partial charge in [-0.25, -0.2) is 0 Å². The highest BCUT2D eigenvalue weighted by molar-refractivity contribution is 5.71. The monoisotopic (exact) mass is 279 g/mol. The van der Waals surface area contributed by atoms with E-state index in [4.69, 9.17) is 0 Å². The number of hydrogen-bond acceptors (Lipinski definition) is 2. The van der Waals surface area contributed by atoms with Crippen LogP contribution in [0.5, 0.6) is 0 Å². The molecule has 3 rings (SSSR count). The van der Waals surface area contributed by atoms with Gasteiger partial charge in [-0.05, 0) is 23.3 Å². The van der Waals surface area contributed by atoms with Crippen molar-refractivity contribution in [3.8, 4) is 22.5 Å². The highest BCUT2D eigenvalue weighted by Gasteiger charge is 2.09. The van der Waals surface area contributed by atoms with Crippen LogP contribution in [0.3, 0.4) is 0 Å². The van der Waals surface area contributed by atoms with Gasteiger partial charge < -0.3 is 15.2 Å². The molecule has 0 saturated heterocycles. The zero-order chi connectivity index (χ0) is 14.7. The highest BCUT2D eigenvalue weighted by Crippen LogP contribution is 2.28. The van der Waals surface area contributed by atoms with Crippen molar-refractivity contribution in [1.29, 1.82) is 0 Å². The largest absolute Gasteiger partial charge is 0.392 e. The summed E-state index contributed by atoms with van der Waals surface area (Å²) in [5.41, 5.74) is 5.69. The SMILES string of the molecule is OCc1ccccc1-c1ccc(-c2ccccc2CO)[nH]1. The molecule has 0 amide bonds. The minimum Gasteiger partial charge on any atom is -0.392 e. The molecule has 1 aromatic heterocycles. The lowest BCUT2D eigenvalue weighted by Gasteiger charge is -2.07. The Kier molecular flexibility index (Phi) is 3.86. The molecule has 3 nitrogen and oxygen atoms in total. The quantitative estimate of drug-likeness (QED) is 0.686. The van der Waals surface area contributed by atoms with Gasteiger partial charge >= 0.3 is 0 Å². The number of aliphatic hydroxyl groups excluding tert-OH is 2. The average Bonchev–Trinajstić information content (AvgIpc) is 3.04. The maximum atomic E-state index is 9.44. The minimum absolute atomic E-state index is 0.0117. The van der Waals surface area contributed by atoms with Gasteiger partial charge in [0.25, 0.3) is 0 Å². The van der Waals surface area contributed by atoms with E-state index in [1.165, 1.54) is 0 Å². The second kappa shape index (κ2) is 5.95. The highest BCUT2D eigenvalue weighted by atomic mass is 16.3. The number of hydrogen-bond donors (Lipinski definition) is 3. The van der Waals surface area contributed by atoms with E-state index in [2.05, 4.69) is 4.98 Å². The fourth-order valence-electron chi connectivity index (χ4n) is 2.55. The lowest BCUT2D eigenvalue weighted by atomic mass is 10.1. The summed E-state index contributed by atoms with van der Waals surface area (Å²) in [4.78, 5) is 3.37. The number of rotatable bonds is 4. The molecule has 21 heavy (non-hydrogen) atoms. The normalized spacial score (nSPS) is 10.8. The van der Waals surface area contributed by atoms with Crippen molar-refractivity contribution >= 4 is 0 Å². The molecule has 1 heterocycles. The first kappa shape index (κ1) is 13.6. The molecule has 2 aromatic carbocycles. The van der Waals surface area contributed by atoms with Crippen molar-refractivity contribution < 1.29 is 10.2 Å². The average molecular weight is 279 g/mol. The number of aromatic amines is 1. The van der Waals surface area contributed by atoms with E-state index in [-0.39, 0.29) is 13.2 Å². The first-order valence-electron chi connectivity index (χ1n) is 6.90. The van der Waals surface area contributed by atoms with Gasteiger partial charge in [-0.1, -0.05) is 48.5 Å². The van der Waals surface area contributed by atoms with Gasteiger partial charge in [0.05, 0.1) is 13.2 Å². The van der Waals surface area contributed by atoms with Crippen molar-refractivity contribution in [2.75, 3.05) is 0 Å². The maximum Gasteiger partial charge on any atom is 0.0688 e. The Balaban J connectivity index is 2.04. The molecule has 0 bridgehead atoms. The number of benzene rings is 2. The van der Waals surface area contributed by atoms with Crippen LogP contribution >= 0.6 is 0 Å². The van der Waals surface area contributed by atoms with Gasteiger partial charge in [0.15, 0.2) is 0 Å². The van der Waals surface area contributed by atoms with Gasteiger partial charge in [-0.2, -0.15) is 0 Å². The van der Waals surface area contributed by atoms with Crippen LogP contribution < -0.4 is 0 Å². The van der Waals surface area contributed by atoms with E-state index in [9.17, 15) is 10.2 Å². The van der Waals surface area contributed by atoms with Gasteiger partial charge in [-0.3, -0.25) is 0 Å². The minimum atomic E-state index is 0.0117. The third-order valence-corrected chi connectivity index (χ3v) is 3.64. The lowest BCUT2D eigenvalue weighted by molar-refractivity contribution is 0.282. The maximum absolute atomic E-state index is 9.44. The number of nitrogens with one attached hydrogen (secondary N) is 1. The van der Waals surface area contributed by atoms with E-state index in [1.54, 1.807) is 0 Å². The molecule has 0 aliphatic carbocycles. The summed E-state index contributed by atoms with van der Waals surface area (Å²) in [7, 11) is 0. The van der Waals surface area contributed by atoms with Crippen LogP contribution in [0.1, 0.15) is 11.1 Å². The summed E-state index contributed by atoms with van der Waals surface area (Å²) in [5.74, 6) is 0. The fraction of sp³-hybridized carbons (Fsp3) is 0.111. The van der Waals surface area contributed by atoms with Gasteiger partial charge in [0.1, 0.15) is 0 Å². The lowest BCUT2D eigenvalue weighted by Crippen LogP contribution is -1.91. The summed E-state index contributed by atoms with van der Waals surface area (Å²) < 4.78 is 0. The summed E-state index contributed by atoms with van der Waals surface area (Å²) in [6, 6.07) is 19.5. The summed E-state index contributed by atoms with van der Waals surface area (Å²) in [6.07, 6.45) is 0. The summed E-state index contributed by atoms with van der Waals surface area (Å²) in [6.45, 7) is 0.0233. The van der Waals surface area contributed by atoms with E-state index in [0.717, 1.165) is 33.6 Å². The molecule has 0 fully saturated rings. The second-order valence-corrected chi connectivity index (χ2v) is 4.92. The molecule has 0 aliphatic heterocycles. The smallest absolute Gasteiger partial charge is 0.0688 e. The van der Waals surface area contributed by atoms with E-state index in [0.29, 0.717) is 0 Å². The van der Waals surface area contributed by atoms with Crippen LogP contribution in [0.15, 0.2) is 60.7 Å². The molecule has 0 saturated carbocycles. The zero-order valence-electron chi connectivity index (χ0n) is 11.6. The molecule has 0 unspecified atom stereocenters. The standard InChI is InChI=1S/C18H17NO2/c20-11-13-5-1-3-7-15(13)17-9-10-18(19-17)16-8-4-2-6-14(16)12-21/h1-10,19-21H,11-12H2. The topological polar surface area (TPSA) is 56.2 Å². The Morgan fingerprint density at radius 2 is 1.05 bits per heavy atom. The van der Waals surface area contributed by atoms with Crippen LogP contribution in [0.2, 0.25) is 0 Å². The van der Waals surface area contributed by atoms with Crippen molar-refractivity contribution in [3.05, 3.63) is 71.8 Å². The van der Waals surface area contributed by atoms with Crippen LogP contribution in [-0.2, 0) is 13.2 Å². The van der Waals surface area contributed by atoms with Gasteiger partial charge in [0.2, 0.25) is 0 Å². The molecule has 0 radical (unpaired) electrons. The van der Waals surface area contributed by atoms with E-state index < -0.39 is 0 Å². The van der Waals surface area contributed by atoms with Crippen molar-refractivity contribution in [2.45, 2.75) is 13.2 Å². The Morgan fingerprint density at radius 3 is 1.48 bits per heavy atom. The zero-order valence-corrected chi connectivity index (χ0v) is 11.6. The Morgan fingerprint density at radius 1 is 0.619 bits per heavy atom. The predicted octanol–water partition coefficient (Wildman–Crippen LogP) is 3.33. The Bertz CT molecular complexity index is 684. The van der Waals surface area contributed by atoms with Gasteiger partial charge in [-0.15, -0.1) is 0 Å². The number of aliphatic hydroxyl groups is 2. The first-order valence-corrected chi connectivity index (χ1v) is 6.90. The first-order chi connectivity index (χ1) is 10.3. The second-order valence-electron chi connectivity index (χ2n) is 4.92. The van der Waals surface area contributed by atoms with Crippen LogP contribution in [0.25, 0.3) is 22.5 Å². The molecule has 106 valence electrons. The van der Waals surface area contributed by atoms with Crippen molar-refractivity contribution in [2.24, 2.45) is 0 Å². The van der Waals surface area contributed by atoms with E-state index >= 15 is 0 Å². The number of aromatic nitrogens is 1. The van der Waals surface area contributed by atoms with Gasteiger partial charge in [0, 0.05) is 22.5 Å². The van der Waals surface area contributed by atoms with Crippen LogP contribution in [0.4, 0.5) is 0 Å².